The van der Waals surface area contributed by atoms with Crippen LogP contribution < -0.4 is 5.32 Å². The molecule has 1 heterocycles. The third-order valence-electron chi connectivity index (χ3n) is 3.50. The fourth-order valence-electron chi connectivity index (χ4n) is 2.33. The van der Waals surface area contributed by atoms with Gasteiger partial charge in [0.25, 0.3) is 0 Å². The number of hydrogen-bond acceptors (Lipinski definition) is 5. The Morgan fingerprint density at radius 3 is 2.26 bits per heavy atom. The summed E-state index contributed by atoms with van der Waals surface area (Å²) in [6.07, 6.45) is 0.727. The number of halogens is 1. The molecule has 0 aliphatic carbocycles. The van der Waals surface area contributed by atoms with Crippen LogP contribution in [0.3, 0.4) is 0 Å². The van der Waals surface area contributed by atoms with Gasteiger partial charge in [0.15, 0.2) is 5.78 Å². The molecule has 3 rings (SSSR count). The Labute approximate surface area is 143 Å². The van der Waals surface area contributed by atoms with Gasteiger partial charge in [0.05, 0.1) is 13.2 Å². The summed E-state index contributed by atoms with van der Waals surface area (Å²) in [6, 6.07) is 14.1. The highest BCUT2D eigenvalue weighted by Gasteiger charge is 2.39. The van der Waals surface area contributed by atoms with Crippen molar-refractivity contribution in [2.24, 2.45) is 0 Å². The van der Waals surface area contributed by atoms with Crippen LogP contribution in [0.1, 0.15) is 17.8 Å². The van der Waals surface area contributed by atoms with E-state index in [1.165, 1.54) is 0 Å². The molecule has 1 fully saturated rings. The van der Waals surface area contributed by atoms with Crippen LogP contribution in [0.2, 0.25) is 0 Å². The standard InChI is InChI=1S/C16H17BrNO4P/c17-13-4-6-14(7-5-13)18-16(12-2-8-15(19)9-3-12)23(20)21-10-1-11-22-23/h2-9,16,18-19H,1,10-11H2/t16-/m0/s1. The average molecular weight is 398 g/mol. The molecule has 0 bridgehead atoms. The molecular formula is C16H17BrNO4P. The van der Waals surface area contributed by atoms with Crippen LogP contribution in [0.15, 0.2) is 53.0 Å². The van der Waals surface area contributed by atoms with Crippen molar-refractivity contribution >= 4 is 29.2 Å². The zero-order chi connectivity index (χ0) is 16.3. The second-order valence-electron chi connectivity index (χ2n) is 5.21. The molecule has 1 saturated heterocycles. The minimum Gasteiger partial charge on any atom is -0.508 e. The quantitative estimate of drug-likeness (QED) is 0.718. The van der Waals surface area contributed by atoms with E-state index in [2.05, 4.69) is 21.2 Å². The maximum Gasteiger partial charge on any atom is 0.357 e. The molecule has 2 aromatic rings. The zero-order valence-corrected chi connectivity index (χ0v) is 14.8. The van der Waals surface area contributed by atoms with Crippen LogP contribution in [0.25, 0.3) is 0 Å². The number of benzene rings is 2. The van der Waals surface area contributed by atoms with Gasteiger partial charge in [0.1, 0.15) is 5.75 Å². The normalized spacial score (nSPS) is 18.3. The van der Waals surface area contributed by atoms with Gasteiger partial charge in [-0.15, -0.1) is 0 Å². The number of nitrogens with one attached hydrogen (secondary N) is 1. The van der Waals surface area contributed by atoms with Gasteiger partial charge in [-0.1, -0.05) is 28.1 Å². The van der Waals surface area contributed by atoms with E-state index >= 15 is 0 Å². The summed E-state index contributed by atoms with van der Waals surface area (Å²) < 4.78 is 25.1. The number of hydrogen-bond donors (Lipinski definition) is 2. The van der Waals surface area contributed by atoms with Gasteiger partial charge in [0.2, 0.25) is 0 Å². The molecule has 0 spiro atoms. The topological polar surface area (TPSA) is 67.8 Å². The Kier molecular flexibility index (Phi) is 5.07. The van der Waals surface area contributed by atoms with Crippen molar-refractivity contribution in [3.05, 3.63) is 58.6 Å². The highest BCUT2D eigenvalue weighted by molar-refractivity contribution is 9.10. The molecular weight excluding hydrogens is 381 g/mol. The van der Waals surface area contributed by atoms with Crippen molar-refractivity contribution in [2.75, 3.05) is 18.5 Å². The number of aromatic hydroxyl groups is 1. The van der Waals surface area contributed by atoms with E-state index in [4.69, 9.17) is 9.05 Å². The Bertz CT molecular complexity index is 695. The van der Waals surface area contributed by atoms with Crippen LogP contribution in [-0.4, -0.2) is 18.3 Å². The zero-order valence-electron chi connectivity index (χ0n) is 12.3. The van der Waals surface area contributed by atoms with Gasteiger partial charge in [0, 0.05) is 10.2 Å². The van der Waals surface area contributed by atoms with Crippen LogP contribution in [-0.2, 0) is 13.6 Å². The van der Waals surface area contributed by atoms with Crippen molar-refractivity contribution < 1.29 is 18.7 Å². The Morgan fingerprint density at radius 1 is 1.04 bits per heavy atom. The first kappa shape index (κ1) is 16.5. The molecule has 1 aliphatic rings. The predicted molar refractivity (Wildman–Crippen MR) is 92.7 cm³/mol. The Hall–Kier alpha value is -1.33. The van der Waals surface area contributed by atoms with Crippen molar-refractivity contribution in [2.45, 2.75) is 12.2 Å². The molecule has 7 heteroatoms. The summed E-state index contributed by atoms with van der Waals surface area (Å²) in [5, 5.41) is 12.7. The van der Waals surface area contributed by atoms with E-state index in [1.807, 2.05) is 24.3 Å². The van der Waals surface area contributed by atoms with Gasteiger partial charge < -0.3 is 19.5 Å². The first-order valence-corrected chi connectivity index (χ1v) is 9.67. The number of phenolic OH excluding ortho intramolecular Hbond substituents is 1. The average Bonchev–Trinajstić information content (AvgIpc) is 2.56. The van der Waals surface area contributed by atoms with Crippen LogP contribution in [0.4, 0.5) is 5.69 Å². The van der Waals surface area contributed by atoms with Gasteiger partial charge in [-0.25, -0.2) is 0 Å². The lowest BCUT2D eigenvalue weighted by Crippen LogP contribution is -2.19. The molecule has 23 heavy (non-hydrogen) atoms. The third kappa shape index (κ3) is 3.96. The van der Waals surface area contributed by atoms with E-state index in [1.54, 1.807) is 24.3 Å². The van der Waals surface area contributed by atoms with E-state index in [0.717, 1.165) is 22.1 Å². The lowest BCUT2D eigenvalue weighted by Gasteiger charge is -2.31. The number of phenols is 1. The lowest BCUT2D eigenvalue weighted by atomic mass is 10.2. The summed E-state index contributed by atoms with van der Waals surface area (Å²) >= 11 is 3.39. The molecule has 0 radical (unpaired) electrons. The maximum absolute atomic E-state index is 13.1. The molecule has 0 amide bonds. The summed E-state index contributed by atoms with van der Waals surface area (Å²) in [7, 11) is -3.34. The highest BCUT2D eigenvalue weighted by Crippen LogP contribution is 2.62. The van der Waals surface area contributed by atoms with E-state index < -0.39 is 13.4 Å². The summed E-state index contributed by atoms with van der Waals surface area (Å²) in [4.78, 5) is 0. The van der Waals surface area contributed by atoms with Crippen LogP contribution >= 0.6 is 23.5 Å². The first-order chi connectivity index (χ1) is 11.1. The van der Waals surface area contributed by atoms with Crippen molar-refractivity contribution in [3.8, 4) is 5.75 Å². The van der Waals surface area contributed by atoms with Crippen molar-refractivity contribution in [1.29, 1.82) is 0 Å². The molecule has 0 unspecified atom stereocenters. The summed E-state index contributed by atoms with van der Waals surface area (Å²) in [6.45, 7) is 0.821. The maximum atomic E-state index is 13.1. The molecule has 2 N–H and O–H groups in total. The second-order valence-corrected chi connectivity index (χ2v) is 8.23. The molecule has 1 atom stereocenters. The largest absolute Gasteiger partial charge is 0.508 e. The van der Waals surface area contributed by atoms with Gasteiger partial charge in [-0.3, -0.25) is 4.57 Å². The van der Waals surface area contributed by atoms with Gasteiger partial charge >= 0.3 is 7.60 Å². The second kappa shape index (κ2) is 7.05. The monoisotopic (exact) mass is 397 g/mol. The lowest BCUT2D eigenvalue weighted by molar-refractivity contribution is 0.141. The highest BCUT2D eigenvalue weighted by atomic mass is 79.9. The van der Waals surface area contributed by atoms with Crippen molar-refractivity contribution in [1.82, 2.24) is 0 Å². The molecule has 122 valence electrons. The predicted octanol–water partition coefficient (Wildman–Crippen LogP) is 4.90. The third-order valence-corrected chi connectivity index (χ3v) is 6.18. The molecule has 0 aromatic heterocycles. The number of anilines is 1. The molecule has 0 saturated carbocycles. The Balaban J connectivity index is 1.93. The molecule has 2 aromatic carbocycles. The minimum atomic E-state index is -3.34. The van der Waals surface area contributed by atoms with E-state index in [-0.39, 0.29) is 5.75 Å². The van der Waals surface area contributed by atoms with Gasteiger partial charge in [-0.2, -0.15) is 0 Å². The first-order valence-electron chi connectivity index (χ1n) is 7.27. The molecule has 1 aliphatic heterocycles. The summed E-state index contributed by atoms with van der Waals surface area (Å²) in [5.41, 5.74) is 1.54. The minimum absolute atomic E-state index is 0.153. The van der Waals surface area contributed by atoms with E-state index in [0.29, 0.717) is 13.2 Å². The van der Waals surface area contributed by atoms with Crippen LogP contribution in [0, 0.1) is 0 Å². The van der Waals surface area contributed by atoms with Crippen molar-refractivity contribution in [3.63, 3.8) is 0 Å². The Morgan fingerprint density at radius 2 is 1.65 bits per heavy atom. The molecule has 5 nitrogen and oxygen atoms in total. The van der Waals surface area contributed by atoms with Gasteiger partial charge in [-0.05, 0) is 48.4 Å². The fraction of sp³-hybridized carbons (Fsp3) is 0.250. The summed E-state index contributed by atoms with van der Waals surface area (Å²) in [5.74, 6) is -0.482. The number of rotatable bonds is 4. The smallest absolute Gasteiger partial charge is 0.357 e. The van der Waals surface area contributed by atoms with Crippen LogP contribution in [0.5, 0.6) is 5.75 Å². The van der Waals surface area contributed by atoms with E-state index in [9.17, 15) is 9.67 Å². The SMILES string of the molecule is O=P1([C@H](Nc2ccc(Br)cc2)c2ccc(O)cc2)OCCCO1. The fourth-order valence-corrected chi connectivity index (χ4v) is 4.58.